The largest absolute Gasteiger partial charge is 0.493 e. The summed E-state index contributed by atoms with van der Waals surface area (Å²) in [4.78, 5) is 27.7. The highest BCUT2D eigenvalue weighted by molar-refractivity contribution is 6.09. The molecule has 3 aromatic carbocycles. The van der Waals surface area contributed by atoms with Gasteiger partial charge in [0.25, 0.3) is 0 Å². The Morgan fingerprint density at radius 1 is 1.20 bits per heavy atom. The lowest BCUT2D eigenvalue weighted by Gasteiger charge is -2.21. The van der Waals surface area contributed by atoms with Crippen molar-refractivity contribution in [2.24, 2.45) is 0 Å². The number of aryl methyl sites for hydroxylation is 1. The molecule has 0 spiro atoms. The number of aromatic carboxylic acids is 1. The molecule has 0 fully saturated rings. The van der Waals surface area contributed by atoms with Crippen LogP contribution in [-0.4, -0.2) is 29.0 Å². The van der Waals surface area contributed by atoms with Crippen molar-refractivity contribution in [1.29, 1.82) is 0 Å². The Balaban J connectivity index is 1.91. The first-order valence-electron chi connectivity index (χ1n) is 9.85. The highest BCUT2D eigenvalue weighted by atomic mass is 16.5. The average molecular weight is 397 g/mol. The van der Waals surface area contributed by atoms with E-state index in [4.69, 9.17) is 4.74 Å². The molecule has 1 aromatic heterocycles. The molecule has 0 amide bonds. The number of nitrogens with zero attached hydrogens (tertiary/aromatic N) is 1. The minimum atomic E-state index is -0.964. The predicted octanol–water partition coefficient (Wildman–Crippen LogP) is 4.74. The van der Waals surface area contributed by atoms with E-state index in [1.165, 1.54) is 5.56 Å². The van der Waals surface area contributed by atoms with Gasteiger partial charge in [0.05, 0.1) is 17.7 Å². The summed E-state index contributed by atoms with van der Waals surface area (Å²) in [5, 5.41) is 12.1. The summed E-state index contributed by atoms with van der Waals surface area (Å²) < 4.78 is 5.86. The molecule has 0 aliphatic carbocycles. The van der Waals surface area contributed by atoms with E-state index in [9.17, 15) is 14.7 Å². The zero-order chi connectivity index (χ0) is 20.8. The van der Waals surface area contributed by atoms with E-state index in [1.807, 2.05) is 43.5 Å². The maximum absolute atomic E-state index is 11.5. The number of aldehydes is 1. The molecule has 0 saturated heterocycles. The normalized spacial score (nSPS) is 12.7. The number of rotatable bonds is 4. The number of carboxylic acids is 1. The number of aromatic nitrogens is 1. The smallest absolute Gasteiger partial charge is 0.335 e. The monoisotopic (exact) mass is 397 g/mol. The zero-order valence-corrected chi connectivity index (χ0v) is 16.4. The minimum absolute atomic E-state index is 0.236. The molecular weight excluding hydrogens is 378 g/mol. The molecule has 0 radical (unpaired) electrons. The van der Waals surface area contributed by atoms with Crippen LogP contribution >= 0.6 is 0 Å². The van der Waals surface area contributed by atoms with E-state index in [0.717, 1.165) is 62.4 Å². The molecule has 0 bridgehead atoms. The van der Waals surface area contributed by atoms with E-state index in [0.29, 0.717) is 6.61 Å². The van der Waals surface area contributed by atoms with Crippen molar-refractivity contribution < 1.29 is 19.4 Å². The zero-order valence-electron chi connectivity index (χ0n) is 16.4. The molecule has 4 aromatic rings. The van der Waals surface area contributed by atoms with Gasteiger partial charge in [-0.05, 0) is 70.3 Å². The predicted molar refractivity (Wildman–Crippen MR) is 115 cm³/mol. The lowest BCUT2D eigenvalue weighted by molar-refractivity contribution is -0.107. The highest BCUT2D eigenvalue weighted by Gasteiger charge is 2.21. The first kappa shape index (κ1) is 18.3. The van der Waals surface area contributed by atoms with Gasteiger partial charge in [-0.15, -0.1) is 0 Å². The van der Waals surface area contributed by atoms with Crippen LogP contribution < -0.4 is 4.74 Å². The second kappa shape index (κ2) is 6.95. The van der Waals surface area contributed by atoms with Crippen molar-refractivity contribution in [1.82, 2.24) is 4.98 Å². The van der Waals surface area contributed by atoms with Crippen molar-refractivity contribution in [3.05, 3.63) is 70.9 Å². The second-order valence-electron chi connectivity index (χ2n) is 7.56. The van der Waals surface area contributed by atoms with Crippen molar-refractivity contribution in [2.45, 2.75) is 19.8 Å². The van der Waals surface area contributed by atoms with Gasteiger partial charge in [0, 0.05) is 30.0 Å². The lowest BCUT2D eigenvalue weighted by atomic mass is 9.86. The van der Waals surface area contributed by atoms with Gasteiger partial charge in [-0.3, -0.25) is 4.98 Å². The van der Waals surface area contributed by atoms with E-state index in [2.05, 4.69) is 4.98 Å². The lowest BCUT2D eigenvalue weighted by Crippen LogP contribution is -2.09. The summed E-state index contributed by atoms with van der Waals surface area (Å²) in [6.07, 6.45) is 3.82. The van der Waals surface area contributed by atoms with Gasteiger partial charge in [0.2, 0.25) is 0 Å². The van der Waals surface area contributed by atoms with Crippen LogP contribution in [0.2, 0.25) is 0 Å². The maximum atomic E-state index is 11.5. The van der Waals surface area contributed by atoms with Crippen molar-refractivity contribution in [3.8, 4) is 16.9 Å². The third-order valence-electron chi connectivity index (χ3n) is 5.84. The maximum Gasteiger partial charge on any atom is 0.335 e. The SMILES string of the molecule is Cc1cc2cc(C(=O)O)ccc2c(-c2ccc3c4c(ccnc24)CCO3)c1CC=O. The van der Waals surface area contributed by atoms with Crippen molar-refractivity contribution in [2.75, 3.05) is 6.61 Å². The molecule has 5 rings (SSSR count). The summed E-state index contributed by atoms with van der Waals surface area (Å²) in [5.74, 6) is -0.140. The van der Waals surface area contributed by atoms with Crippen LogP contribution in [0, 0.1) is 6.92 Å². The fraction of sp³-hybridized carbons (Fsp3) is 0.160. The number of fused-ring (bicyclic) bond motifs is 1. The molecule has 5 nitrogen and oxygen atoms in total. The fourth-order valence-electron chi connectivity index (χ4n) is 4.48. The van der Waals surface area contributed by atoms with Gasteiger partial charge in [0.1, 0.15) is 12.0 Å². The number of carbonyl (C=O) groups is 2. The Kier molecular flexibility index (Phi) is 4.24. The first-order chi connectivity index (χ1) is 14.6. The molecule has 0 unspecified atom stereocenters. The van der Waals surface area contributed by atoms with Crippen molar-refractivity contribution in [3.63, 3.8) is 0 Å². The molecule has 1 aliphatic heterocycles. The van der Waals surface area contributed by atoms with Crippen LogP contribution in [-0.2, 0) is 17.6 Å². The quantitative estimate of drug-likeness (QED) is 0.504. The van der Waals surface area contributed by atoms with E-state index < -0.39 is 5.97 Å². The number of carboxylic acid groups (broad SMARTS) is 1. The number of ether oxygens (including phenoxy) is 1. The number of hydrogen-bond donors (Lipinski definition) is 1. The summed E-state index contributed by atoms with van der Waals surface area (Å²) in [6.45, 7) is 2.60. The number of benzene rings is 3. The Morgan fingerprint density at radius 3 is 2.87 bits per heavy atom. The number of hydrogen-bond acceptors (Lipinski definition) is 4. The molecule has 2 heterocycles. The van der Waals surface area contributed by atoms with Gasteiger partial charge >= 0.3 is 5.97 Å². The van der Waals surface area contributed by atoms with Gasteiger partial charge < -0.3 is 14.6 Å². The topological polar surface area (TPSA) is 76.5 Å². The Morgan fingerprint density at radius 2 is 2.07 bits per heavy atom. The van der Waals surface area contributed by atoms with E-state index in [-0.39, 0.29) is 12.0 Å². The average Bonchev–Trinajstić information content (AvgIpc) is 2.75. The van der Waals surface area contributed by atoms with Gasteiger partial charge in [0.15, 0.2) is 0 Å². The molecule has 1 aliphatic rings. The van der Waals surface area contributed by atoms with Crippen LogP contribution in [0.3, 0.4) is 0 Å². The van der Waals surface area contributed by atoms with E-state index >= 15 is 0 Å². The molecule has 30 heavy (non-hydrogen) atoms. The van der Waals surface area contributed by atoms with Gasteiger partial charge in [-0.25, -0.2) is 4.79 Å². The summed E-state index contributed by atoms with van der Waals surface area (Å²) in [5.41, 5.74) is 6.00. The number of carbonyl (C=O) groups excluding carboxylic acids is 1. The standard InChI is InChI=1S/C25H19NO4/c1-14-12-17-13-16(25(28)29)2-3-19(17)23(18(14)7-10-27)20-4-5-21-22-15(8-11-30-21)6-9-26-24(20)22/h2-6,9-10,12-13H,7-8,11H2,1H3,(H,28,29). The Hall–Kier alpha value is -3.73. The van der Waals surface area contributed by atoms with Gasteiger partial charge in [-0.1, -0.05) is 12.1 Å². The highest BCUT2D eigenvalue weighted by Crippen LogP contribution is 2.42. The Labute approximate surface area is 172 Å². The van der Waals surface area contributed by atoms with Crippen LogP contribution in [0.15, 0.2) is 48.7 Å². The second-order valence-corrected chi connectivity index (χ2v) is 7.56. The third-order valence-corrected chi connectivity index (χ3v) is 5.84. The molecule has 5 heteroatoms. The van der Waals surface area contributed by atoms with E-state index in [1.54, 1.807) is 12.1 Å². The molecule has 0 atom stereocenters. The summed E-state index contributed by atoms with van der Waals surface area (Å²) >= 11 is 0. The van der Waals surface area contributed by atoms with Crippen LogP contribution in [0.25, 0.3) is 32.8 Å². The minimum Gasteiger partial charge on any atom is -0.493 e. The summed E-state index contributed by atoms with van der Waals surface area (Å²) in [6, 6.07) is 13.0. The molecule has 148 valence electrons. The molecular formula is C25H19NO4. The Bertz CT molecular complexity index is 1350. The molecule has 0 saturated carbocycles. The van der Waals surface area contributed by atoms with Crippen LogP contribution in [0.4, 0.5) is 0 Å². The van der Waals surface area contributed by atoms with Crippen LogP contribution in [0.5, 0.6) is 5.75 Å². The molecule has 1 N–H and O–H groups in total. The fourth-order valence-corrected chi connectivity index (χ4v) is 4.48. The number of pyridine rings is 1. The van der Waals surface area contributed by atoms with Crippen molar-refractivity contribution >= 4 is 33.9 Å². The van der Waals surface area contributed by atoms with Crippen LogP contribution in [0.1, 0.15) is 27.0 Å². The van der Waals surface area contributed by atoms with Gasteiger partial charge in [-0.2, -0.15) is 0 Å². The first-order valence-corrected chi connectivity index (χ1v) is 9.85. The summed E-state index contributed by atoms with van der Waals surface area (Å²) in [7, 11) is 0. The third kappa shape index (κ3) is 2.74.